The third-order valence-corrected chi connectivity index (χ3v) is 23.0. The van der Waals surface area contributed by atoms with Gasteiger partial charge in [0.05, 0.1) is 33.0 Å². The smallest absolute Gasteiger partial charge is 0.462 e. The Labute approximate surface area is 633 Å². The van der Waals surface area contributed by atoms with Gasteiger partial charge in [-0.2, -0.15) is 0 Å². The van der Waals surface area contributed by atoms with Crippen molar-refractivity contribution < 1.29 is 75.1 Å². The summed E-state index contributed by atoms with van der Waals surface area (Å²) in [7, 11) is -6.25. The summed E-state index contributed by atoms with van der Waals surface area (Å²) in [5.74, 6) is -0.579. The summed E-state index contributed by atoms with van der Waals surface area (Å²) >= 11 is 0. The molecule has 0 rings (SSSR count). The number of carbonyl (C=O) groups excluding carboxylic acids is 4. The van der Waals surface area contributed by atoms with Gasteiger partial charge >= 0.3 is 27.6 Å². The number of unbranched alkanes of at least 4 members (excludes halogenated alkanes) is 50. The molecule has 0 saturated carbocycles. The van der Waals surface area contributed by atoms with E-state index in [2.05, 4.69) is 38.3 Å². The Morgan fingerprint density at radius 1 is 0.314 bits per heavy atom. The maximum Gasteiger partial charge on any atom is 0.472 e. The van der Waals surface area contributed by atoms with Crippen LogP contribution in [-0.2, 0) is 65.4 Å². The van der Waals surface area contributed by atoms with Gasteiger partial charge in [-0.15, -0.1) is 0 Å². The van der Waals surface area contributed by atoms with E-state index in [4.69, 9.17) is 37.0 Å². The number of rotatable bonds is 85. The number of carbonyl (C=O) groups is 4. The second kappa shape index (κ2) is 79.3. The van der Waals surface area contributed by atoms with Gasteiger partial charge < -0.3 is 39.4 Å². The Morgan fingerprint density at radius 3 is 0.931 bits per heavy atom. The van der Waals surface area contributed by atoms with E-state index in [-0.39, 0.29) is 83.6 Å². The monoisotopic (exact) mass is 1530 g/mol. The van der Waals surface area contributed by atoms with Crippen LogP contribution < -0.4 is 10.6 Å². The summed E-state index contributed by atoms with van der Waals surface area (Å²) in [6.45, 7) is 8.77. The highest BCUT2D eigenvalue weighted by Crippen LogP contribution is 2.44. The van der Waals surface area contributed by atoms with Gasteiger partial charge in [-0.3, -0.25) is 37.3 Å². The van der Waals surface area contributed by atoms with E-state index in [0.29, 0.717) is 37.6 Å². The first-order chi connectivity index (χ1) is 49.8. The van der Waals surface area contributed by atoms with Crippen molar-refractivity contribution in [3.8, 4) is 0 Å². The topological polar surface area (TPSA) is 241 Å². The molecule has 606 valence electrons. The van der Waals surface area contributed by atoms with E-state index in [1.165, 1.54) is 291 Å². The fourth-order valence-electron chi connectivity index (χ4n) is 12.2. The fraction of sp³-hybridized carbons (Fsp3) is 0.950. The molecule has 0 aliphatic rings. The van der Waals surface area contributed by atoms with Gasteiger partial charge in [-0.05, 0) is 25.7 Å². The molecule has 4 unspecified atom stereocenters. The molecule has 4 N–H and O–H groups in total. The summed E-state index contributed by atoms with van der Waals surface area (Å²) < 4.78 is 69.9. The third-order valence-electron chi connectivity index (χ3n) is 18.6. The lowest BCUT2D eigenvalue weighted by molar-refractivity contribution is -0.161. The maximum absolute atomic E-state index is 12.9. The second-order valence-corrected chi connectivity index (χ2v) is 34.2. The molecular formula is C80H158N2O16P2S2. The molecule has 0 spiro atoms. The van der Waals surface area contributed by atoms with E-state index < -0.39 is 46.4 Å². The quantitative estimate of drug-likeness (QED) is 0.0191. The van der Waals surface area contributed by atoms with Crippen molar-refractivity contribution >= 4 is 61.0 Å². The second-order valence-electron chi connectivity index (χ2n) is 28.6. The Balaban J connectivity index is 4.70. The van der Waals surface area contributed by atoms with Crippen molar-refractivity contribution in [2.75, 3.05) is 77.5 Å². The van der Waals surface area contributed by atoms with E-state index >= 15 is 0 Å². The number of hydrogen-bond donors (Lipinski definition) is 4. The third kappa shape index (κ3) is 78.3. The minimum atomic E-state index is -4.65. The molecule has 0 aromatic rings. The van der Waals surface area contributed by atoms with Crippen LogP contribution in [0.3, 0.4) is 0 Å². The molecule has 0 radical (unpaired) electrons. The zero-order chi connectivity index (χ0) is 74.4. The van der Waals surface area contributed by atoms with Crippen molar-refractivity contribution in [2.45, 2.75) is 412 Å². The lowest BCUT2D eigenvalue weighted by Gasteiger charge is -2.20. The predicted octanol–water partition coefficient (Wildman–Crippen LogP) is 23.4. The van der Waals surface area contributed by atoms with Crippen LogP contribution in [0.5, 0.6) is 0 Å². The van der Waals surface area contributed by atoms with Crippen molar-refractivity contribution in [2.24, 2.45) is 0 Å². The molecule has 0 bridgehead atoms. The highest BCUT2D eigenvalue weighted by Gasteiger charge is 2.27. The largest absolute Gasteiger partial charge is 0.472 e. The molecule has 0 aliphatic heterocycles. The van der Waals surface area contributed by atoms with Crippen LogP contribution in [0.4, 0.5) is 0 Å². The van der Waals surface area contributed by atoms with Crippen LogP contribution >= 0.6 is 37.2 Å². The molecule has 0 aliphatic carbocycles. The fourth-order valence-corrected chi connectivity index (χ4v) is 15.7. The molecule has 2 amide bonds. The molecule has 0 aromatic heterocycles. The number of ether oxygens (including phenoxy) is 4. The minimum Gasteiger partial charge on any atom is -0.462 e. The minimum absolute atomic E-state index is 0.0138. The number of esters is 2. The van der Waals surface area contributed by atoms with Crippen LogP contribution in [0.25, 0.3) is 0 Å². The van der Waals surface area contributed by atoms with Crippen LogP contribution in [0.15, 0.2) is 0 Å². The summed E-state index contributed by atoms with van der Waals surface area (Å²) in [5.41, 5.74) is 0. The molecule has 0 fully saturated rings. The predicted molar refractivity (Wildman–Crippen MR) is 426 cm³/mol. The van der Waals surface area contributed by atoms with E-state index in [1.54, 1.807) is 0 Å². The van der Waals surface area contributed by atoms with Crippen molar-refractivity contribution in [1.82, 2.24) is 10.6 Å². The zero-order valence-electron chi connectivity index (χ0n) is 66.0. The van der Waals surface area contributed by atoms with E-state index in [9.17, 15) is 38.1 Å². The molecule has 4 atom stereocenters. The van der Waals surface area contributed by atoms with Crippen LogP contribution in [0.2, 0.25) is 0 Å². The zero-order valence-corrected chi connectivity index (χ0v) is 69.4. The van der Waals surface area contributed by atoms with Gasteiger partial charge in [0, 0.05) is 63.5 Å². The van der Waals surface area contributed by atoms with E-state index in [1.807, 2.05) is 0 Å². The maximum atomic E-state index is 12.9. The van der Waals surface area contributed by atoms with E-state index in [0.717, 1.165) is 64.2 Å². The Hall–Kier alpha value is -1.28. The van der Waals surface area contributed by atoms with Gasteiger partial charge in [0.2, 0.25) is 11.8 Å². The average molecular weight is 1530 g/mol. The van der Waals surface area contributed by atoms with Crippen molar-refractivity contribution in [1.29, 1.82) is 0 Å². The molecule has 0 heterocycles. The molecule has 102 heavy (non-hydrogen) atoms. The molecule has 22 heteroatoms. The summed E-state index contributed by atoms with van der Waals surface area (Å²) in [6, 6.07) is 0. The highest BCUT2D eigenvalue weighted by molar-refractivity contribution is 8.76. The van der Waals surface area contributed by atoms with Crippen molar-refractivity contribution in [3.05, 3.63) is 0 Å². The number of hydrogen-bond acceptors (Lipinski definition) is 16. The molecular weight excluding hydrogens is 1370 g/mol. The number of phosphoric ester groups is 2. The first-order valence-electron chi connectivity index (χ1n) is 42.3. The molecule has 0 saturated heterocycles. The number of phosphoric acid groups is 2. The summed E-state index contributed by atoms with van der Waals surface area (Å²) in [6.07, 6.45) is 65.6. The van der Waals surface area contributed by atoms with Gasteiger partial charge in [0.1, 0.15) is 12.7 Å². The normalized spacial score (nSPS) is 13.4. The first-order valence-corrected chi connectivity index (χ1v) is 47.8. The Bertz CT molecular complexity index is 1940. The summed E-state index contributed by atoms with van der Waals surface area (Å²) in [4.78, 5) is 71.8. The number of nitrogens with one attached hydrogen (secondary N) is 2. The Kier molecular flexibility index (Phi) is 78.3. The van der Waals surface area contributed by atoms with Crippen molar-refractivity contribution in [3.63, 3.8) is 0 Å². The lowest BCUT2D eigenvalue weighted by Crippen LogP contribution is -2.30. The number of amides is 2. The van der Waals surface area contributed by atoms with Crippen LogP contribution in [0.1, 0.15) is 400 Å². The van der Waals surface area contributed by atoms with Crippen LogP contribution in [0, 0.1) is 0 Å². The molecule has 18 nitrogen and oxygen atoms in total. The van der Waals surface area contributed by atoms with Gasteiger partial charge in [0.15, 0.2) is 6.10 Å². The summed E-state index contributed by atoms with van der Waals surface area (Å²) in [5, 5.41) is 5.36. The van der Waals surface area contributed by atoms with Crippen LogP contribution in [-0.4, -0.2) is 123 Å². The highest BCUT2D eigenvalue weighted by atomic mass is 33.1. The van der Waals surface area contributed by atoms with Gasteiger partial charge in [-0.1, -0.05) is 370 Å². The average Bonchev–Trinajstić information content (AvgIpc) is 1.12. The van der Waals surface area contributed by atoms with Gasteiger partial charge in [-0.25, -0.2) is 9.13 Å². The first kappa shape index (κ1) is 101. The SMILES string of the molecule is CCCCCCCCCCCCCCCCOCC(COP(=O)(O)OCCNC(=O)CCSSCCC(=O)NCCOP(=O)(O)OCC(COC(=O)CCCCCCCCCCCCCCC)OC(=O)CCCCCCCCCCCCCCC)OCCCCCCCCCCCCCCCC. The lowest BCUT2D eigenvalue weighted by atomic mass is 10.0. The van der Waals surface area contributed by atoms with Gasteiger partial charge in [0.25, 0.3) is 0 Å². The standard InChI is InChI=1S/C80H158N2O16P2S2/c1-5-9-13-17-21-25-29-33-37-41-45-49-53-57-65-91-71-75(92-66-58-54-50-46-42-38-34-30-26-22-18-14-10-6-2)73-96-99(87,88)94-67-63-81-77(83)61-69-101-102-70-62-78(84)82-64-68-95-100(89,90)97-74-76(98-80(86)60-56-52-48-44-40-36-32-28-24-20-16-12-8-4)72-93-79(85)59-55-51-47-43-39-35-31-27-23-19-15-11-7-3/h75-76H,5-74H2,1-4H3,(H,81,83)(H,82,84)(H,87,88)(H,89,90). The Morgan fingerprint density at radius 2 is 0.598 bits per heavy atom. The molecule has 0 aromatic carbocycles.